The summed E-state index contributed by atoms with van der Waals surface area (Å²) in [6.07, 6.45) is 0. The predicted octanol–water partition coefficient (Wildman–Crippen LogP) is 4.04. The lowest BCUT2D eigenvalue weighted by Gasteiger charge is -2.06. The molecule has 3 rings (SSSR count). The number of carbonyl (C=O) groups excluding carboxylic acids is 2. The van der Waals surface area contributed by atoms with Crippen molar-refractivity contribution in [3.63, 3.8) is 0 Å². The van der Waals surface area contributed by atoms with Crippen molar-refractivity contribution in [1.82, 2.24) is 0 Å². The average molecular weight is 415 g/mol. The van der Waals surface area contributed by atoms with Gasteiger partial charge in [-0.3, -0.25) is 20.3 Å². The van der Waals surface area contributed by atoms with Crippen LogP contribution in [0.2, 0.25) is 0 Å². The number of non-ortho nitro benzene ring substituents is 1. The summed E-state index contributed by atoms with van der Waals surface area (Å²) in [7, 11) is 1.25. The van der Waals surface area contributed by atoms with E-state index in [2.05, 4.69) is 5.32 Å². The molecule has 0 aliphatic heterocycles. The van der Waals surface area contributed by atoms with Crippen LogP contribution in [0, 0.1) is 15.5 Å². The quantitative estimate of drug-likeness (QED) is 0.367. The minimum atomic E-state index is -0.672. The van der Waals surface area contributed by atoms with Crippen LogP contribution < -0.4 is 10.9 Å². The van der Waals surface area contributed by atoms with E-state index in [9.17, 15) is 19.7 Å². The number of amides is 1. The van der Waals surface area contributed by atoms with Gasteiger partial charge in [0.05, 0.1) is 17.6 Å². The highest BCUT2D eigenvalue weighted by molar-refractivity contribution is 7.16. The van der Waals surface area contributed by atoms with E-state index in [1.54, 1.807) is 6.07 Å². The minimum absolute atomic E-state index is 0.117. The van der Waals surface area contributed by atoms with Gasteiger partial charge in [0.15, 0.2) is 0 Å². The Kier molecular flexibility index (Phi) is 5.46. The third-order valence-corrected chi connectivity index (χ3v) is 5.51. The Hall–Kier alpha value is -3.53. The fraction of sp³-hybridized carbons (Fsp3) is 0.211. The molecule has 10 heteroatoms. The van der Waals surface area contributed by atoms with E-state index >= 15 is 0 Å². The average Bonchev–Trinajstić information content (AvgIpc) is 3.10. The molecule has 29 heavy (non-hydrogen) atoms. The number of ether oxygens (including phenoxy) is 1. The molecule has 2 aromatic heterocycles. The number of benzene rings is 1. The molecular weight excluding hydrogens is 398 g/mol. The van der Waals surface area contributed by atoms with E-state index in [1.807, 2.05) is 13.8 Å². The zero-order valence-corrected chi connectivity index (χ0v) is 16.6. The first-order valence-electron chi connectivity index (χ1n) is 8.51. The van der Waals surface area contributed by atoms with Gasteiger partial charge in [-0.15, -0.1) is 11.3 Å². The molecule has 0 spiro atoms. The monoisotopic (exact) mass is 415 g/mol. The van der Waals surface area contributed by atoms with E-state index < -0.39 is 22.4 Å². The van der Waals surface area contributed by atoms with Gasteiger partial charge in [0.2, 0.25) is 5.55 Å². The number of carbonyl (C=O) groups is 2. The molecule has 0 aliphatic rings. The maximum absolute atomic E-state index is 12.8. The lowest BCUT2D eigenvalue weighted by molar-refractivity contribution is -0.384. The van der Waals surface area contributed by atoms with E-state index in [1.165, 1.54) is 42.7 Å². The van der Waals surface area contributed by atoms with E-state index in [0.29, 0.717) is 10.4 Å². The number of esters is 1. The molecule has 150 valence electrons. The molecule has 0 aliphatic carbocycles. The normalized spacial score (nSPS) is 10.9. The number of anilines is 1. The Balaban J connectivity index is 2.02. The number of rotatable bonds is 5. The molecule has 0 atom stereocenters. The third kappa shape index (κ3) is 4.02. The molecule has 1 amide bonds. The summed E-state index contributed by atoms with van der Waals surface area (Å²) in [5.41, 5.74) is -0.220. The van der Waals surface area contributed by atoms with Crippen LogP contribution in [0.15, 0.2) is 34.7 Å². The Morgan fingerprint density at radius 3 is 2.59 bits per heavy atom. The van der Waals surface area contributed by atoms with Crippen molar-refractivity contribution in [3.05, 3.63) is 62.0 Å². The number of methoxy groups -OCH3 is 1. The number of thiophene rings is 1. The summed E-state index contributed by atoms with van der Waals surface area (Å²) < 4.78 is 10.1. The van der Waals surface area contributed by atoms with Crippen LogP contribution in [0.4, 0.5) is 10.7 Å². The third-order valence-electron chi connectivity index (χ3n) is 4.16. The highest BCUT2D eigenvalue weighted by Crippen LogP contribution is 2.33. The van der Waals surface area contributed by atoms with Crippen molar-refractivity contribution >= 4 is 44.9 Å². The van der Waals surface area contributed by atoms with Crippen LogP contribution in [0.5, 0.6) is 0 Å². The second-order valence-corrected chi connectivity index (χ2v) is 7.54. The van der Waals surface area contributed by atoms with Crippen LogP contribution in [-0.2, 0) is 4.74 Å². The Bertz CT molecular complexity index is 1190. The van der Waals surface area contributed by atoms with Gasteiger partial charge >= 0.3 is 5.97 Å². The number of fused-ring (bicyclic) bond motifs is 1. The molecule has 0 saturated carbocycles. The number of hydrogen-bond acceptors (Lipinski definition) is 8. The zero-order valence-electron chi connectivity index (χ0n) is 15.8. The van der Waals surface area contributed by atoms with Gasteiger partial charge < -0.3 is 14.5 Å². The summed E-state index contributed by atoms with van der Waals surface area (Å²) in [5, 5.41) is 22.2. The fourth-order valence-electron chi connectivity index (χ4n) is 2.63. The van der Waals surface area contributed by atoms with Crippen LogP contribution in [0.25, 0.3) is 11.0 Å². The lowest BCUT2D eigenvalue weighted by atomic mass is 10.1. The number of nitrogens with one attached hydrogen (secondary N) is 2. The lowest BCUT2D eigenvalue weighted by Crippen LogP contribution is -2.21. The van der Waals surface area contributed by atoms with Crippen molar-refractivity contribution in [2.24, 2.45) is 0 Å². The number of nitrogens with zero attached hydrogens (tertiary/aromatic N) is 1. The number of nitro benzene ring substituents is 1. The summed E-state index contributed by atoms with van der Waals surface area (Å²) in [6.45, 7) is 3.91. The van der Waals surface area contributed by atoms with E-state index in [4.69, 9.17) is 14.6 Å². The highest BCUT2D eigenvalue weighted by Gasteiger charge is 2.21. The first-order chi connectivity index (χ1) is 13.7. The van der Waals surface area contributed by atoms with Gasteiger partial charge in [-0.1, -0.05) is 13.8 Å². The van der Waals surface area contributed by atoms with E-state index in [0.717, 1.165) is 4.88 Å². The maximum atomic E-state index is 12.8. The van der Waals surface area contributed by atoms with Gasteiger partial charge in [0, 0.05) is 22.4 Å². The van der Waals surface area contributed by atoms with Gasteiger partial charge in [-0.25, -0.2) is 4.79 Å². The summed E-state index contributed by atoms with van der Waals surface area (Å²) in [4.78, 5) is 36.1. The minimum Gasteiger partial charge on any atom is -0.465 e. The molecule has 2 heterocycles. The second kappa shape index (κ2) is 7.84. The first-order valence-corrected chi connectivity index (χ1v) is 9.33. The Morgan fingerprint density at radius 1 is 1.24 bits per heavy atom. The molecule has 0 fully saturated rings. The molecule has 0 radical (unpaired) electrons. The summed E-state index contributed by atoms with van der Waals surface area (Å²) in [5.74, 6) is -1.13. The highest BCUT2D eigenvalue weighted by atomic mass is 32.1. The predicted molar refractivity (Wildman–Crippen MR) is 106 cm³/mol. The standard InChI is InChI=1S/C19H17N3O6S/c1-9(2)15-8-13(19(24)27-3)18(29-15)21-17(23)12-7-10-6-11(22(25)26)4-5-14(10)28-16(12)20/h4-9,20H,1-3H3,(H,21,23). The molecular formula is C19H17N3O6S. The van der Waals surface area contributed by atoms with E-state index in [-0.39, 0.29) is 28.3 Å². The van der Waals surface area contributed by atoms with Gasteiger partial charge in [0.1, 0.15) is 16.1 Å². The molecule has 0 bridgehead atoms. The molecule has 0 saturated heterocycles. The molecule has 3 aromatic rings. The van der Waals surface area contributed by atoms with Crippen LogP contribution in [-0.4, -0.2) is 23.9 Å². The first kappa shape index (κ1) is 20.2. The van der Waals surface area contributed by atoms with Crippen molar-refractivity contribution < 1.29 is 23.7 Å². The van der Waals surface area contributed by atoms with Crippen LogP contribution in [0.3, 0.4) is 0 Å². The van der Waals surface area contributed by atoms with Crippen molar-refractivity contribution in [1.29, 1.82) is 5.41 Å². The zero-order chi connectivity index (χ0) is 21.3. The Morgan fingerprint density at radius 2 is 1.97 bits per heavy atom. The Labute approximate surface area is 168 Å². The molecule has 1 aromatic carbocycles. The van der Waals surface area contributed by atoms with Gasteiger partial charge in [0.25, 0.3) is 11.6 Å². The SMILES string of the molecule is COC(=O)c1cc(C(C)C)sc1NC(=O)c1cc2cc([N+](=O)[O-])ccc2oc1=N. The largest absolute Gasteiger partial charge is 0.465 e. The molecule has 9 nitrogen and oxygen atoms in total. The van der Waals surface area contributed by atoms with Crippen LogP contribution >= 0.6 is 11.3 Å². The number of nitro groups is 1. The topological polar surface area (TPSA) is 136 Å². The summed E-state index contributed by atoms with van der Waals surface area (Å²) in [6, 6.07) is 6.89. The number of hydrogen-bond donors (Lipinski definition) is 2. The van der Waals surface area contributed by atoms with Crippen LogP contribution in [0.1, 0.15) is 45.4 Å². The molecule has 0 unspecified atom stereocenters. The van der Waals surface area contributed by atoms with Crippen molar-refractivity contribution in [2.75, 3.05) is 12.4 Å². The maximum Gasteiger partial charge on any atom is 0.340 e. The van der Waals surface area contributed by atoms with Crippen molar-refractivity contribution in [3.8, 4) is 0 Å². The fourth-order valence-corrected chi connectivity index (χ4v) is 3.67. The summed E-state index contributed by atoms with van der Waals surface area (Å²) >= 11 is 1.24. The van der Waals surface area contributed by atoms with Crippen molar-refractivity contribution in [2.45, 2.75) is 19.8 Å². The second-order valence-electron chi connectivity index (χ2n) is 6.46. The molecule has 2 N–H and O–H groups in total. The van der Waals surface area contributed by atoms with Gasteiger partial charge in [-0.2, -0.15) is 0 Å². The smallest absolute Gasteiger partial charge is 0.340 e. The van der Waals surface area contributed by atoms with Gasteiger partial charge in [-0.05, 0) is 24.1 Å².